The first-order valence-corrected chi connectivity index (χ1v) is 8.67. The van der Waals surface area contributed by atoms with Gasteiger partial charge in [-0.25, -0.2) is 0 Å². The maximum absolute atomic E-state index is 3.67. The predicted octanol–water partition coefficient (Wildman–Crippen LogP) is 3.13. The van der Waals surface area contributed by atoms with Crippen LogP contribution in [-0.2, 0) is 0 Å². The van der Waals surface area contributed by atoms with Gasteiger partial charge in [0.1, 0.15) is 0 Å². The van der Waals surface area contributed by atoms with E-state index in [1.807, 2.05) is 0 Å². The minimum atomic E-state index is 0.778. The second-order valence-corrected chi connectivity index (χ2v) is 7.78. The fraction of sp³-hybridized carbons (Fsp3) is 1.00. The third-order valence-corrected chi connectivity index (χ3v) is 5.79. The number of nitrogens with one attached hydrogen (secondary N) is 1. The highest BCUT2D eigenvalue weighted by Crippen LogP contribution is 2.48. The zero-order valence-corrected chi connectivity index (χ0v) is 12.9. The molecule has 19 heavy (non-hydrogen) atoms. The van der Waals surface area contributed by atoms with E-state index in [1.165, 1.54) is 39.0 Å². The maximum atomic E-state index is 3.67. The number of fused-ring (bicyclic) bond motifs is 2. The summed E-state index contributed by atoms with van der Waals surface area (Å²) in [5.41, 5.74) is 0. The monoisotopic (exact) mass is 264 g/mol. The summed E-state index contributed by atoms with van der Waals surface area (Å²) in [7, 11) is 0. The molecule has 4 unspecified atom stereocenters. The van der Waals surface area contributed by atoms with Crippen molar-refractivity contribution in [3.63, 3.8) is 0 Å². The fourth-order valence-corrected chi connectivity index (χ4v) is 4.81. The summed E-state index contributed by atoms with van der Waals surface area (Å²) in [5, 5.41) is 3.67. The molecule has 2 bridgehead atoms. The number of hydrogen-bond acceptors (Lipinski definition) is 2. The smallest absolute Gasteiger partial charge is 0.0221 e. The van der Waals surface area contributed by atoms with Crippen LogP contribution in [0.15, 0.2) is 0 Å². The van der Waals surface area contributed by atoms with Crippen molar-refractivity contribution in [2.75, 3.05) is 26.2 Å². The first-order valence-electron chi connectivity index (χ1n) is 8.67. The van der Waals surface area contributed by atoms with E-state index in [0.29, 0.717) is 0 Å². The Labute approximate surface area is 119 Å². The van der Waals surface area contributed by atoms with Crippen LogP contribution in [0.2, 0.25) is 0 Å². The van der Waals surface area contributed by atoms with Gasteiger partial charge in [-0.15, -0.1) is 0 Å². The van der Waals surface area contributed by atoms with E-state index in [1.54, 1.807) is 25.7 Å². The Morgan fingerprint density at radius 2 is 2.05 bits per heavy atom. The molecule has 2 nitrogen and oxygen atoms in total. The van der Waals surface area contributed by atoms with Gasteiger partial charge >= 0.3 is 0 Å². The number of rotatable bonds is 6. The minimum absolute atomic E-state index is 0.778. The summed E-state index contributed by atoms with van der Waals surface area (Å²) in [4.78, 5) is 2.82. The number of likely N-dealkylation sites (tertiary alicyclic amines) is 1. The molecule has 0 radical (unpaired) electrons. The van der Waals surface area contributed by atoms with Gasteiger partial charge in [0.05, 0.1) is 0 Å². The molecule has 2 aliphatic carbocycles. The van der Waals surface area contributed by atoms with Gasteiger partial charge in [0, 0.05) is 19.1 Å². The summed E-state index contributed by atoms with van der Waals surface area (Å²) < 4.78 is 0. The molecule has 0 aromatic heterocycles. The van der Waals surface area contributed by atoms with Crippen LogP contribution in [0.25, 0.3) is 0 Å². The maximum Gasteiger partial charge on any atom is 0.0221 e. The van der Waals surface area contributed by atoms with E-state index >= 15 is 0 Å². The van der Waals surface area contributed by atoms with Gasteiger partial charge in [0.25, 0.3) is 0 Å². The van der Waals surface area contributed by atoms with Crippen LogP contribution in [0.4, 0.5) is 0 Å². The Morgan fingerprint density at radius 3 is 2.74 bits per heavy atom. The van der Waals surface area contributed by atoms with Crippen molar-refractivity contribution in [1.82, 2.24) is 10.2 Å². The molecule has 2 heteroatoms. The Kier molecular flexibility index (Phi) is 4.48. The van der Waals surface area contributed by atoms with Gasteiger partial charge in [-0.2, -0.15) is 0 Å². The van der Waals surface area contributed by atoms with E-state index in [9.17, 15) is 0 Å². The molecular weight excluding hydrogens is 232 g/mol. The highest BCUT2D eigenvalue weighted by Gasteiger charge is 2.41. The van der Waals surface area contributed by atoms with Crippen molar-refractivity contribution in [2.24, 2.45) is 23.7 Å². The lowest BCUT2D eigenvalue weighted by atomic mass is 9.88. The predicted molar refractivity (Wildman–Crippen MR) is 81.2 cm³/mol. The van der Waals surface area contributed by atoms with Gasteiger partial charge in [0.2, 0.25) is 0 Å². The van der Waals surface area contributed by atoms with Crippen molar-refractivity contribution < 1.29 is 0 Å². The average Bonchev–Trinajstić information content (AvgIpc) is 3.06. The normalized spacial score (nSPS) is 38.7. The summed E-state index contributed by atoms with van der Waals surface area (Å²) in [6.07, 6.45) is 9.04. The molecule has 2 saturated carbocycles. The van der Waals surface area contributed by atoms with Crippen LogP contribution in [0.3, 0.4) is 0 Å². The van der Waals surface area contributed by atoms with Crippen LogP contribution >= 0.6 is 0 Å². The lowest BCUT2D eigenvalue weighted by molar-refractivity contribution is 0.174. The molecule has 1 heterocycles. The highest BCUT2D eigenvalue weighted by atomic mass is 15.2. The van der Waals surface area contributed by atoms with E-state index in [4.69, 9.17) is 0 Å². The molecule has 3 aliphatic rings. The number of nitrogens with zero attached hydrogens (tertiary/aromatic N) is 1. The number of hydrogen-bond donors (Lipinski definition) is 1. The molecule has 3 fully saturated rings. The first kappa shape index (κ1) is 13.9. The molecular formula is C17H32N2. The SMILES string of the molecule is CC(C)CNCC1CCCN1CC1CC2CCC1C2. The summed E-state index contributed by atoms with van der Waals surface area (Å²) in [6.45, 7) is 9.78. The van der Waals surface area contributed by atoms with Crippen LogP contribution < -0.4 is 5.32 Å². The molecule has 0 spiro atoms. The van der Waals surface area contributed by atoms with Gasteiger partial charge in [-0.1, -0.05) is 20.3 Å². The second-order valence-electron chi connectivity index (χ2n) is 7.78. The molecule has 4 atom stereocenters. The Balaban J connectivity index is 1.44. The standard InChI is InChI=1S/C17H32N2/c1-13(2)10-18-11-17-4-3-7-19(17)12-16-9-14-5-6-15(16)8-14/h13-18H,3-12H2,1-2H3. The minimum Gasteiger partial charge on any atom is -0.315 e. The molecule has 1 saturated heterocycles. The zero-order valence-electron chi connectivity index (χ0n) is 12.9. The van der Waals surface area contributed by atoms with Crippen LogP contribution in [-0.4, -0.2) is 37.1 Å². The lowest BCUT2D eigenvalue weighted by Crippen LogP contribution is -2.42. The molecule has 0 aromatic rings. The fourth-order valence-electron chi connectivity index (χ4n) is 4.81. The van der Waals surface area contributed by atoms with Gasteiger partial charge in [-0.3, -0.25) is 4.90 Å². The summed E-state index contributed by atoms with van der Waals surface area (Å²) in [5.74, 6) is 4.02. The Morgan fingerprint density at radius 1 is 1.16 bits per heavy atom. The molecule has 1 N–H and O–H groups in total. The summed E-state index contributed by atoms with van der Waals surface area (Å²) in [6, 6.07) is 0.831. The molecule has 3 rings (SSSR count). The van der Waals surface area contributed by atoms with E-state index < -0.39 is 0 Å². The Hall–Kier alpha value is -0.0800. The third-order valence-electron chi connectivity index (χ3n) is 5.79. The zero-order chi connectivity index (χ0) is 13.2. The second kappa shape index (κ2) is 6.13. The van der Waals surface area contributed by atoms with E-state index in [2.05, 4.69) is 24.1 Å². The van der Waals surface area contributed by atoms with Crippen LogP contribution in [0.1, 0.15) is 52.4 Å². The summed E-state index contributed by atoms with van der Waals surface area (Å²) >= 11 is 0. The van der Waals surface area contributed by atoms with Gasteiger partial charge in [0.15, 0.2) is 0 Å². The van der Waals surface area contributed by atoms with Crippen molar-refractivity contribution in [2.45, 2.75) is 58.4 Å². The first-order chi connectivity index (χ1) is 9.22. The van der Waals surface area contributed by atoms with E-state index in [-0.39, 0.29) is 0 Å². The largest absolute Gasteiger partial charge is 0.315 e. The molecule has 0 amide bonds. The van der Waals surface area contributed by atoms with E-state index in [0.717, 1.165) is 29.7 Å². The molecule has 110 valence electrons. The lowest BCUT2D eigenvalue weighted by Gasteiger charge is -2.31. The Bertz CT molecular complexity index is 289. The van der Waals surface area contributed by atoms with Gasteiger partial charge < -0.3 is 5.32 Å². The van der Waals surface area contributed by atoms with Crippen molar-refractivity contribution >= 4 is 0 Å². The third kappa shape index (κ3) is 3.33. The van der Waals surface area contributed by atoms with Crippen molar-refractivity contribution in [3.05, 3.63) is 0 Å². The van der Waals surface area contributed by atoms with Crippen molar-refractivity contribution in [1.29, 1.82) is 0 Å². The van der Waals surface area contributed by atoms with Crippen molar-refractivity contribution in [3.8, 4) is 0 Å². The highest BCUT2D eigenvalue weighted by molar-refractivity contribution is 4.93. The molecule has 0 aromatic carbocycles. The van der Waals surface area contributed by atoms with Crippen LogP contribution in [0.5, 0.6) is 0 Å². The average molecular weight is 264 g/mol. The topological polar surface area (TPSA) is 15.3 Å². The van der Waals surface area contributed by atoms with Gasteiger partial charge in [-0.05, 0) is 68.9 Å². The molecule has 1 aliphatic heterocycles. The quantitative estimate of drug-likeness (QED) is 0.793. The van der Waals surface area contributed by atoms with Crippen LogP contribution in [0, 0.1) is 23.7 Å².